The van der Waals surface area contributed by atoms with Crippen LogP contribution in [0, 0.1) is 0 Å². The van der Waals surface area contributed by atoms with Crippen LogP contribution in [0.5, 0.6) is 0 Å². The number of nitrogens with zero attached hydrogens (tertiary/aromatic N) is 2. The molecule has 5 nitrogen and oxygen atoms in total. The summed E-state index contributed by atoms with van der Waals surface area (Å²) in [6.07, 6.45) is 2.89. The third kappa shape index (κ3) is 4.32. The zero-order valence-electron chi connectivity index (χ0n) is 12.4. The number of amides is 1. The quantitative estimate of drug-likeness (QED) is 0.885. The molecule has 0 radical (unpaired) electrons. The highest BCUT2D eigenvalue weighted by molar-refractivity contribution is 6.39. The van der Waals surface area contributed by atoms with Crippen LogP contribution in [0.15, 0.2) is 30.6 Å². The lowest BCUT2D eigenvalue weighted by atomic mass is 10.1. The molecule has 7 heteroatoms. The number of carbonyl (C=O) groups is 1. The van der Waals surface area contributed by atoms with E-state index in [1.807, 2.05) is 20.8 Å². The molecule has 116 valence electrons. The minimum Gasteiger partial charge on any atom is -0.347 e. The van der Waals surface area contributed by atoms with Gasteiger partial charge in [-0.2, -0.15) is 0 Å². The van der Waals surface area contributed by atoms with Gasteiger partial charge < -0.3 is 10.6 Å². The van der Waals surface area contributed by atoms with Gasteiger partial charge in [0.15, 0.2) is 0 Å². The van der Waals surface area contributed by atoms with Crippen LogP contribution >= 0.6 is 23.2 Å². The lowest BCUT2D eigenvalue weighted by Crippen LogP contribution is -2.40. The van der Waals surface area contributed by atoms with Crippen LogP contribution in [0.2, 0.25) is 10.0 Å². The van der Waals surface area contributed by atoms with Gasteiger partial charge in [0.25, 0.3) is 5.91 Å². The summed E-state index contributed by atoms with van der Waals surface area (Å²) in [5.74, 6) is 0.0807. The molecule has 0 aliphatic rings. The van der Waals surface area contributed by atoms with Crippen LogP contribution in [0.25, 0.3) is 0 Å². The summed E-state index contributed by atoms with van der Waals surface area (Å²) in [5.41, 5.74) is 0.586. The van der Waals surface area contributed by atoms with Crippen molar-refractivity contribution in [3.05, 3.63) is 46.2 Å². The monoisotopic (exact) mass is 338 g/mol. The van der Waals surface area contributed by atoms with Crippen LogP contribution in [0.1, 0.15) is 31.1 Å². The van der Waals surface area contributed by atoms with E-state index in [0.29, 0.717) is 27.2 Å². The average Bonchev–Trinajstić information content (AvgIpc) is 2.42. The zero-order chi connectivity index (χ0) is 16.3. The summed E-state index contributed by atoms with van der Waals surface area (Å²) in [7, 11) is 0. The molecule has 22 heavy (non-hydrogen) atoms. The van der Waals surface area contributed by atoms with E-state index in [1.165, 1.54) is 12.4 Å². The number of carbonyl (C=O) groups excluding carboxylic acids is 1. The first-order valence-corrected chi connectivity index (χ1v) is 7.37. The molecular weight excluding hydrogens is 323 g/mol. The van der Waals surface area contributed by atoms with Gasteiger partial charge in [0.05, 0.1) is 21.3 Å². The fraction of sp³-hybridized carbons (Fsp3) is 0.267. The molecule has 0 saturated heterocycles. The van der Waals surface area contributed by atoms with Gasteiger partial charge in [0.2, 0.25) is 5.95 Å². The molecule has 0 spiro atoms. The lowest BCUT2D eigenvalue weighted by molar-refractivity contribution is 0.0919. The van der Waals surface area contributed by atoms with E-state index < -0.39 is 0 Å². The molecule has 0 aliphatic heterocycles. The van der Waals surface area contributed by atoms with Crippen molar-refractivity contribution in [1.29, 1.82) is 0 Å². The van der Waals surface area contributed by atoms with Gasteiger partial charge in [-0.05, 0) is 32.9 Å². The molecule has 0 atom stereocenters. The van der Waals surface area contributed by atoms with Crippen molar-refractivity contribution in [1.82, 2.24) is 15.3 Å². The van der Waals surface area contributed by atoms with Crippen LogP contribution in [-0.4, -0.2) is 21.4 Å². The first-order chi connectivity index (χ1) is 10.3. The van der Waals surface area contributed by atoms with Crippen molar-refractivity contribution in [2.45, 2.75) is 26.3 Å². The highest BCUT2D eigenvalue weighted by atomic mass is 35.5. The number of halogens is 2. The summed E-state index contributed by atoms with van der Waals surface area (Å²) < 4.78 is 0. The van der Waals surface area contributed by atoms with Gasteiger partial charge in [-0.3, -0.25) is 4.79 Å². The Kier molecular flexibility index (Phi) is 4.88. The molecule has 0 saturated carbocycles. The number of nitrogens with one attached hydrogen (secondary N) is 2. The second kappa shape index (κ2) is 6.50. The van der Waals surface area contributed by atoms with Gasteiger partial charge in [-0.1, -0.05) is 29.3 Å². The Balaban J connectivity index is 2.14. The largest absolute Gasteiger partial charge is 0.347 e. The third-order valence-electron chi connectivity index (χ3n) is 2.60. The Labute approximate surface area is 139 Å². The molecular formula is C15H16Cl2N4O. The maximum Gasteiger partial charge on any atom is 0.254 e. The molecule has 1 aromatic heterocycles. The third-order valence-corrected chi connectivity index (χ3v) is 3.23. The summed E-state index contributed by atoms with van der Waals surface area (Å²) in [4.78, 5) is 20.2. The topological polar surface area (TPSA) is 66.9 Å². The molecule has 0 fully saturated rings. The standard InChI is InChI=1S/C15H16Cl2N4O/c1-15(2,3)21-13(22)9-7-18-14(19-8-9)20-12-10(16)5-4-6-11(12)17/h4-8H,1-3H3,(H,21,22)(H,18,19,20). The smallest absolute Gasteiger partial charge is 0.254 e. The molecule has 0 unspecified atom stereocenters. The predicted molar refractivity (Wildman–Crippen MR) is 89.0 cm³/mol. The Morgan fingerprint density at radius 2 is 1.64 bits per heavy atom. The number of para-hydroxylation sites is 1. The number of rotatable bonds is 3. The number of aromatic nitrogens is 2. The summed E-state index contributed by atoms with van der Waals surface area (Å²) in [6.45, 7) is 5.71. The Morgan fingerprint density at radius 1 is 1.09 bits per heavy atom. The van der Waals surface area contributed by atoms with E-state index in [2.05, 4.69) is 20.6 Å². The fourth-order valence-electron chi connectivity index (χ4n) is 1.65. The molecule has 2 aromatic rings. The van der Waals surface area contributed by atoms with Crippen molar-refractivity contribution in [3.8, 4) is 0 Å². The minimum absolute atomic E-state index is 0.227. The van der Waals surface area contributed by atoms with Gasteiger partial charge >= 0.3 is 0 Å². The lowest BCUT2D eigenvalue weighted by Gasteiger charge is -2.20. The molecule has 1 aromatic carbocycles. The van der Waals surface area contributed by atoms with Crippen LogP contribution in [0.4, 0.5) is 11.6 Å². The van der Waals surface area contributed by atoms with Crippen molar-refractivity contribution >= 4 is 40.7 Å². The number of hydrogen-bond donors (Lipinski definition) is 2. The van der Waals surface area contributed by atoms with Gasteiger partial charge in [0.1, 0.15) is 0 Å². The molecule has 0 bridgehead atoms. The summed E-state index contributed by atoms with van der Waals surface area (Å²) in [5, 5.41) is 6.71. The van der Waals surface area contributed by atoms with E-state index in [0.717, 1.165) is 0 Å². The maximum absolute atomic E-state index is 12.0. The van der Waals surface area contributed by atoms with Crippen molar-refractivity contribution < 1.29 is 4.79 Å². The van der Waals surface area contributed by atoms with Gasteiger partial charge in [-0.25, -0.2) is 9.97 Å². The molecule has 1 amide bonds. The summed E-state index contributed by atoms with van der Waals surface area (Å²) >= 11 is 12.1. The maximum atomic E-state index is 12.0. The molecule has 1 heterocycles. The molecule has 2 N–H and O–H groups in total. The van der Waals surface area contributed by atoms with Crippen LogP contribution < -0.4 is 10.6 Å². The first kappa shape index (κ1) is 16.5. The normalized spacial score (nSPS) is 11.1. The van der Waals surface area contributed by atoms with E-state index >= 15 is 0 Å². The minimum atomic E-state index is -0.320. The number of hydrogen-bond acceptors (Lipinski definition) is 4. The predicted octanol–water partition coefficient (Wildman–Crippen LogP) is 4.06. The highest BCUT2D eigenvalue weighted by Gasteiger charge is 2.16. The average molecular weight is 339 g/mol. The van der Waals surface area contributed by atoms with Gasteiger partial charge in [-0.15, -0.1) is 0 Å². The Morgan fingerprint density at radius 3 is 2.14 bits per heavy atom. The van der Waals surface area contributed by atoms with E-state index in [4.69, 9.17) is 23.2 Å². The number of anilines is 2. The van der Waals surface area contributed by atoms with Gasteiger partial charge in [0, 0.05) is 17.9 Å². The number of benzene rings is 1. The van der Waals surface area contributed by atoms with Crippen molar-refractivity contribution in [2.24, 2.45) is 0 Å². The van der Waals surface area contributed by atoms with E-state index in [9.17, 15) is 4.79 Å². The van der Waals surface area contributed by atoms with Crippen molar-refractivity contribution in [3.63, 3.8) is 0 Å². The second-order valence-corrected chi connectivity index (χ2v) is 6.54. The zero-order valence-corrected chi connectivity index (χ0v) is 14.0. The molecule has 2 rings (SSSR count). The highest BCUT2D eigenvalue weighted by Crippen LogP contribution is 2.31. The second-order valence-electron chi connectivity index (χ2n) is 5.72. The van der Waals surface area contributed by atoms with E-state index in [1.54, 1.807) is 18.2 Å². The first-order valence-electron chi connectivity index (χ1n) is 6.62. The van der Waals surface area contributed by atoms with Crippen molar-refractivity contribution in [2.75, 3.05) is 5.32 Å². The summed E-state index contributed by atoms with van der Waals surface area (Å²) in [6, 6.07) is 5.17. The van der Waals surface area contributed by atoms with Crippen LogP contribution in [-0.2, 0) is 0 Å². The molecule has 0 aliphatic carbocycles. The Bertz CT molecular complexity index is 661. The van der Waals surface area contributed by atoms with E-state index in [-0.39, 0.29) is 11.4 Å². The SMILES string of the molecule is CC(C)(C)NC(=O)c1cnc(Nc2c(Cl)cccc2Cl)nc1. The van der Waals surface area contributed by atoms with Crippen LogP contribution in [0.3, 0.4) is 0 Å². The fourth-order valence-corrected chi connectivity index (χ4v) is 2.14. The Hall–Kier alpha value is -1.85.